The average Bonchev–Trinajstić information content (AvgIpc) is 2.33. The zero-order valence-electron chi connectivity index (χ0n) is 10.4. The first-order valence-corrected chi connectivity index (χ1v) is 7.45. The molecule has 1 aromatic rings. The average molecular weight is 344 g/mol. The van der Waals surface area contributed by atoms with Crippen LogP contribution in [0.2, 0.25) is 0 Å². The zero-order chi connectivity index (χ0) is 12.3. The lowest BCUT2D eigenvalue weighted by Gasteiger charge is -2.30. The van der Waals surface area contributed by atoms with E-state index in [1.54, 1.807) is 0 Å². The van der Waals surface area contributed by atoms with Gasteiger partial charge in [-0.2, -0.15) is 0 Å². The van der Waals surface area contributed by atoms with E-state index < -0.39 is 0 Å². The fourth-order valence-corrected chi connectivity index (χ4v) is 2.92. The van der Waals surface area contributed by atoms with Gasteiger partial charge < -0.3 is 10.6 Å². The van der Waals surface area contributed by atoms with Gasteiger partial charge in [-0.25, -0.2) is 0 Å². The monoisotopic (exact) mass is 344 g/mol. The molecule has 17 heavy (non-hydrogen) atoms. The van der Waals surface area contributed by atoms with Crippen LogP contribution >= 0.6 is 22.6 Å². The van der Waals surface area contributed by atoms with Crippen molar-refractivity contribution in [2.24, 2.45) is 11.7 Å². The maximum absolute atomic E-state index is 5.94. The molecule has 1 aliphatic carbocycles. The van der Waals surface area contributed by atoms with E-state index in [0.717, 1.165) is 12.5 Å². The van der Waals surface area contributed by atoms with Crippen molar-refractivity contribution in [1.82, 2.24) is 0 Å². The van der Waals surface area contributed by atoms with Crippen LogP contribution in [0.1, 0.15) is 25.7 Å². The van der Waals surface area contributed by atoms with E-state index >= 15 is 0 Å². The number of benzene rings is 1. The Hall–Kier alpha value is -0.290. The molecule has 1 fully saturated rings. The summed E-state index contributed by atoms with van der Waals surface area (Å²) in [5, 5.41) is 0. The first kappa shape index (κ1) is 13.1. The molecule has 1 saturated carbocycles. The van der Waals surface area contributed by atoms with Gasteiger partial charge in [-0.3, -0.25) is 0 Å². The number of nitrogens with zero attached hydrogens (tertiary/aromatic N) is 1. The molecule has 0 unspecified atom stereocenters. The van der Waals surface area contributed by atoms with E-state index in [2.05, 4.69) is 58.8 Å². The Morgan fingerprint density at radius 3 is 2.35 bits per heavy atom. The van der Waals surface area contributed by atoms with Gasteiger partial charge >= 0.3 is 0 Å². The third kappa shape index (κ3) is 3.85. The highest BCUT2D eigenvalue weighted by molar-refractivity contribution is 14.1. The van der Waals surface area contributed by atoms with Crippen molar-refractivity contribution in [3.8, 4) is 0 Å². The van der Waals surface area contributed by atoms with Crippen LogP contribution in [0, 0.1) is 9.49 Å². The van der Waals surface area contributed by atoms with Crippen molar-refractivity contribution in [1.29, 1.82) is 0 Å². The molecule has 1 aliphatic rings. The summed E-state index contributed by atoms with van der Waals surface area (Å²) in [5.74, 6) is 0.819. The standard InChI is InChI=1S/C14H21IN2/c1-17(14-8-4-12(15)5-9-14)10-11-2-6-13(16)7-3-11/h4-5,8-9,11,13H,2-3,6-7,10,16H2,1H3/t11-,13-. The molecule has 2 nitrogen and oxygen atoms in total. The normalized spacial score (nSPS) is 24.6. The molecule has 2 N–H and O–H groups in total. The van der Waals surface area contributed by atoms with Gasteiger partial charge in [0.1, 0.15) is 0 Å². The molecule has 2 rings (SSSR count). The topological polar surface area (TPSA) is 29.3 Å². The number of anilines is 1. The number of hydrogen-bond donors (Lipinski definition) is 1. The van der Waals surface area contributed by atoms with Crippen LogP contribution in [-0.2, 0) is 0 Å². The maximum Gasteiger partial charge on any atom is 0.0364 e. The molecule has 0 saturated heterocycles. The van der Waals surface area contributed by atoms with Gasteiger partial charge in [-0.05, 0) is 78.5 Å². The Bertz CT molecular complexity index is 342. The molecular formula is C14H21IN2. The Morgan fingerprint density at radius 1 is 1.18 bits per heavy atom. The third-order valence-corrected chi connectivity index (χ3v) is 4.41. The Labute approximate surface area is 118 Å². The molecule has 0 spiro atoms. The predicted octanol–water partition coefficient (Wildman–Crippen LogP) is 3.24. The van der Waals surface area contributed by atoms with Crippen molar-refractivity contribution >= 4 is 28.3 Å². The minimum absolute atomic E-state index is 0.454. The third-order valence-electron chi connectivity index (χ3n) is 3.69. The number of rotatable bonds is 3. The second-order valence-electron chi connectivity index (χ2n) is 5.14. The largest absolute Gasteiger partial charge is 0.374 e. The van der Waals surface area contributed by atoms with Crippen molar-refractivity contribution in [3.63, 3.8) is 0 Å². The molecule has 1 aromatic carbocycles. The van der Waals surface area contributed by atoms with Gasteiger partial charge in [-0.1, -0.05) is 0 Å². The van der Waals surface area contributed by atoms with Crippen LogP contribution in [0.15, 0.2) is 24.3 Å². The van der Waals surface area contributed by atoms with Crippen molar-refractivity contribution < 1.29 is 0 Å². The van der Waals surface area contributed by atoms with Gasteiger partial charge in [0, 0.05) is 28.9 Å². The summed E-state index contributed by atoms with van der Waals surface area (Å²) in [6, 6.07) is 9.20. The molecule has 0 atom stereocenters. The number of halogens is 1. The van der Waals surface area contributed by atoms with E-state index in [1.807, 2.05) is 0 Å². The van der Waals surface area contributed by atoms with E-state index in [9.17, 15) is 0 Å². The second kappa shape index (κ2) is 6.05. The van der Waals surface area contributed by atoms with E-state index in [-0.39, 0.29) is 0 Å². The smallest absolute Gasteiger partial charge is 0.0364 e. The van der Waals surface area contributed by atoms with Gasteiger partial charge in [0.25, 0.3) is 0 Å². The molecule has 0 radical (unpaired) electrons. The van der Waals surface area contributed by atoms with Crippen molar-refractivity contribution in [3.05, 3.63) is 27.8 Å². The predicted molar refractivity (Wildman–Crippen MR) is 82.4 cm³/mol. The SMILES string of the molecule is CN(C[C@H]1CC[C@H](N)CC1)c1ccc(I)cc1. The highest BCUT2D eigenvalue weighted by atomic mass is 127. The van der Waals surface area contributed by atoms with Crippen LogP contribution < -0.4 is 10.6 Å². The summed E-state index contributed by atoms with van der Waals surface area (Å²) in [6.07, 6.45) is 4.97. The zero-order valence-corrected chi connectivity index (χ0v) is 12.6. The Kier molecular flexibility index (Phi) is 4.68. The molecule has 0 bridgehead atoms. The summed E-state index contributed by atoms with van der Waals surface area (Å²) >= 11 is 2.35. The van der Waals surface area contributed by atoms with Gasteiger partial charge in [-0.15, -0.1) is 0 Å². The summed E-state index contributed by atoms with van der Waals surface area (Å²) in [7, 11) is 2.19. The van der Waals surface area contributed by atoms with E-state index in [1.165, 1.54) is 34.9 Å². The van der Waals surface area contributed by atoms with Crippen LogP contribution in [-0.4, -0.2) is 19.6 Å². The lowest BCUT2D eigenvalue weighted by molar-refractivity contribution is 0.330. The van der Waals surface area contributed by atoms with Crippen LogP contribution in [0.25, 0.3) is 0 Å². The van der Waals surface area contributed by atoms with E-state index in [0.29, 0.717) is 6.04 Å². The molecule has 94 valence electrons. The van der Waals surface area contributed by atoms with Crippen LogP contribution in [0.4, 0.5) is 5.69 Å². The Balaban J connectivity index is 1.88. The quantitative estimate of drug-likeness (QED) is 0.853. The molecule has 0 aromatic heterocycles. The maximum atomic E-state index is 5.94. The summed E-state index contributed by atoms with van der Waals surface area (Å²) in [6.45, 7) is 1.16. The highest BCUT2D eigenvalue weighted by Crippen LogP contribution is 2.25. The Morgan fingerprint density at radius 2 is 1.76 bits per heavy atom. The number of hydrogen-bond acceptors (Lipinski definition) is 2. The van der Waals surface area contributed by atoms with Gasteiger partial charge in [0.15, 0.2) is 0 Å². The fourth-order valence-electron chi connectivity index (χ4n) is 2.56. The van der Waals surface area contributed by atoms with Gasteiger partial charge in [0.2, 0.25) is 0 Å². The minimum atomic E-state index is 0.454. The first-order valence-electron chi connectivity index (χ1n) is 6.37. The highest BCUT2D eigenvalue weighted by Gasteiger charge is 2.19. The van der Waals surface area contributed by atoms with Crippen LogP contribution in [0.5, 0.6) is 0 Å². The first-order chi connectivity index (χ1) is 8.15. The summed E-state index contributed by atoms with van der Waals surface area (Å²) in [5.41, 5.74) is 7.26. The molecule has 3 heteroatoms. The lowest BCUT2D eigenvalue weighted by atomic mass is 9.86. The molecular weight excluding hydrogens is 323 g/mol. The number of nitrogens with two attached hydrogens (primary N) is 1. The second-order valence-corrected chi connectivity index (χ2v) is 6.38. The molecule has 0 amide bonds. The fraction of sp³-hybridized carbons (Fsp3) is 0.571. The van der Waals surface area contributed by atoms with Crippen LogP contribution in [0.3, 0.4) is 0 Å². The molecule has 0 heterocycles. The molecule has 0 aliphatic heterocycles. The van der Waals surface area contributed by atoms with Gasteiger partial charge in [0.05, 0.1) is 0 Å². The van der Waals surface area contributed by atoms with E-state index in [4.69, 9.17) is 5.73 Å². The van der Waals surface area contributed by atoms with Crippen molar-refractivity contribution in [2.75, 3.05) is 18.5 Å². The minimum Gasteiger partial charge on any atom is -0.374 e. The summed E-state index contributed by atoms with van der Waals surface area (Å²) < 4.78 is 1.29. The lowest BCUT2D eigenvalue weighted by Crippen LogP contribution is -2.32. The summed E-state index contributed by atoms with van der Waals surface area (Å²) in [4.78, 5) is 2.37. The van der Waals surface area contributed by atoms with Crippen molar-refractivity contribution in [2.45, 2.75) is 31.7 Å².